The van der Waals surface area contributed by atoms with Gasteiger partial charge in [-0.2, -0.15) is 11.8 Å². The average Bonchev–Trinajstić information content (AvgIpc) is 2.85. The van der Waals surface area contributed by atoms with Gasteiger partial charge in [-0.15, -0.1) is 0 Å². The molecule has 0 rings (SSSR count). The molecule has 2 atom stereocenters. The van der Waals surface area contributed by atoms with E-state index < -0.39 is 13.3 Å². The number of carbonyl (C=O) groups excluding carboxylic acids is 1. The standard InChI is InChI=1S/C27H55O6PS/c1-4-6-8-10-12-14-15-17-19-21-23-35-25-26(24-33-34(29,30)27(28)31-3)32-22-20-18-16-13-11-9-7-5-2/h26H,4-25H2,1-3H3,(H,29,30). The van der Waals surface area contributed by atoms with Crippen LogP contribution in [0.25, 0.3) is 0 Å². The van der Waals surface area contributed by atoms with Crippen molar-refractivity contribution in [3.8, 4) is 0 Å². The van der Waals surface area contributed by atoms with E-state index in [0.717, 1.165) is 25.7 Å². The van der Waals surface area contributed by atoms with Gasteiger partial charge in [-0.25, -0.2) is 9.36 Å². The van der Waals surface area contributed by atoms with Crippen LogP contribution in [0.1, 0.15) is 129 Å². The van der Waals surface area contributed by atoms with Gasteiger partial charge in [-0.1, -0.05) is 117 Å². The molecule has 0 fully saturated rings. The van der Waals surface area contributed by atoms with Crippen LogP contribution in [0.5, 0.6) is 0 Å². The Labute approximate surface area is 220 Å². The SMILES string of the molecule is CCCCCCCCCCCCSCC(COP(=O)(O)C(=O)OC)OCCCCCCCCCC. The Morgan fingerprint density at radius 3 is 1.71 bits per heavy atom. The summed E-state index contributed by atoms with van der Waals surface area (Å²) in [6.07, 6.45) is 22.7. The maximum atomic E-state index is 11.9. The predicted molar refractivity (Wildman–Crippen MR) is 150 cm³/mol. The second kappa shape index (κ2) is 25.6. The van der Waals surface area contributed by atoms with Crippen LogP contribution < -0.4 is 0 Å². The van der Waals surface area contributed by atoms with E-state index in [4.69, 9.17) is 9.26 Å². The molecule has 0 saturated carbocycles. The number of unbranched alkanes of at least 4 members (excludes halogenated alkanes) is 16. The van der Waals surface area contributed by atoms with Crippen LogP contribution >= 0.6 is 19.4 Å². The number of methoxy groups -OCH3 is 1. The molecule has 210 valence electrons. The normalized spacial score (nSPS) is 14.1. The summed E-state index contributed by atoms with van der Waals surface area (Å²) in [7, 11) is -3.34. The van der Waals surface area contributed by atoms with Gasteiger partial charge >= 0.3 is 13.3 Å². The number of ether oxygens (including phenoxy) is 2. The molecular formula is C27H55O6PS. The Morgan fingerprint density at radius 1 is 0.771 bits per heavy atom. The Balaban J connectivity index is 4.05. The van der Waals surface area contributed by atoms with Crippen molar-refractivity contribution in [2.75, 3.05) is 31.8 Å². The minimum absolute atomic E-state index is 0.0784. The summed E-state index contributed by atoms with van der Waals surface area (Å²) in [6, 6.07) is 0. The minimum Gasteiger partial charge on any atom is -0.460 e. The van der Waals surface area contributed by atoms with Gasteiger partial charge in [0.25, 0.3) is 0 Å². The third-order valence-electron chi connectivity index (χ3n) is 6.14. The number of hydrogen-bond donors (Lipinski definition) is 1. The molecule has 35 heavy (non-hydrogen) atoms. The first-order valence-corrected chi connectivity index (χ1v) is 17.0. The topological polar surface area (TPSA) is 82.1 Å². The Morgan fingerprint density at radius 2 is 1.23 bits per heavy atom. The van der Waals surface area contributed by atoms with E-state index in [1.165, 1.54) is 103 Å². The van der Waals surface area contributed by atoms with Crippen LogP contribution in [0.3, 0.4) is 0 Å². The van der Waals surface area contributed by atoms with Gasteiger partial charge in [0.05, 0.1) is 19.8 Å². The maximum absolute atomic E-state index is 11.9. The van der Waals surface area contributed by atoms with Crippen molar-refractivity contribution in [2.45, 2.75) is 136 Å². The van der Waals surface area contributed by atoms with Crippen LogP contribution in [0.15, 0.2) is 0 Å². The molecule has 0 spiro atoms. The zero-order valence-corrected chi connectivity index (χ0v) is 24.7. The zero-order chi connectivity index (χ0) is 26.0. The van der Waals surface area contributed by atoms with Gasteiger partial charge < -0.3 is 14.4 Å². The van der Waals surface area contributed by atoms with Crippen LogP contribution in [0, 0.1) is 0 Å². The lowest BCUT2D eigenvalue weighted by molar-refractivity contribution is 0.0301. The van der Waals surface area contributed by atoms with Crippen molar-refractivity contribution in [1.82, 2.24) is 0 Å². The summed E-state index contributed by atoms with van der Waals surface area (Å²) in [4.78, 5) is 21.2. The van der Waals surface area contributed by atoms with Crippen LogP contribution in [-0.2, 0) is 18.6 Å². The molecule has 1 N–H and O–H groups in total. The van der Waals surface area contributed by atoms with Crippen molar-refractivity contribution >= 4 is 25.1 Å². The molecule has 2 unspecified atom stereocenters. The van der Waals surface area contributed by atoms with E-state index in [-0.39, 0.29) is 12.7 Å². The van der Waals surface area contributed by atoms with Crippen molar-refractivity contribution < 1.29 is 28.3 Å². The summed E-state index contributed by atoms with van der Waals surface area (Å²) in [5.41, 5.74) is -1.22. The summed E-state index contributed by atoms with van der Waals surface area (Å²) in [5.74, 6) is 1.73. The van der Waals surface area contributed by atoms with E-state index >= 15 is 0 Å². The van der Waals surface area contributed by atoms with Gasteiger partial charge in [0.15, 0.2) is 0 Å². The monoisotopic (exact) mass is 538 g/mol. The molecule has 0 radical (unpaired) electrons. The van der Waals surface area contributed by atoms with E-state index in [1.54, 1.807) is 11.8 Å². The third kappa shape index (κ3) is 22.8. The first-order chi connectivity index (χ1) is 17.0. The fourth-order valence-electron chi connectivity index (χ4n) is 3.89. The van der Waals surface area contributed by atoms with Gasteiger partial charge in [-0.05, 0) is 18.6 Å². The first kappa shape index (κ1) is 34.9. The van der Waals surface area contributed by atoms with Crippen LogP contribution in [-0.4, -0.2) is 48.5 Å². The summed E-state index contributed by atoms with van der Waals surface area (Å²) >= 11 is 1.79. The first-order valence-electron chi connectivity index (χ1n) is 14.2. The van der Waals surface area contributed by atoms with Crippen molar-refractivity contribution in [3.05, 3.63) is 0 Å². The highest BCUT2D eigenvalue weighted by Gasteiger charge is 2.33. The van der Waals surface area contributed by atoms with E-state index in [2.05, 4.69) is 18.6 Å². The Bertz CT molecular complexity index is 520. The molecule has 8 heteroatoms. The highest BCUT2D eigenvalue weighted by molar-refractivity contribution is 7.99. The van der Waals surface area contributed by atoms with Gasteiger partial charge in [-0.3, -0.25) is 4.52 Å². The Hall–Kier alpha value is -0.0700. The lowest BCUT2D eigenvalue weighted by Crippen LogP contribution is -2.24. The number of carbonyl (C=O) groups is 1. The third-order valence-corrected chi connectivity index (χ3v) is 8.47. The molecule has 0 aromatic carbocycles. The minimum atomic E-state index is -4.42. The highest BCUT2D eigenvalue weighted by atomic mass is 32.2. The second-order valence-electron chi connectivity index (χ2n) is 9.51. The molecule has 0 aromatic heterocycles. The number of rotatable bonds is 27. The molecule has 0 amide bonds. The van der Waals surface area contributed by atoms with Crippen molar-refractivity contribution in [2.24, 2.45) is 0 Å². The highest BCUT2D eigenvalue weighted by Crippen LogP contribution is 2.44. The molecule has 0 aromatic rings. The van der Waals surface area contributed by atoms with Crippen molar-refractivity contribution in [3.63, 3.8) is 0 Å². The second-order valence-corrected chi connectivity index (χ2v) is 12.3. The predicted octanol–water partition coefficient (Wildman–Crippen LogP) is 9.13. The largest absolute Gasteiger partial charge is 0.460 e. The zero-order valence-electron chi connectivity index (χ0n) is 23.0. The lowest BCUT2D eigenvalue weighted by atomic mass is 10.1. The van der Waals surface area contributed by atoms with E-state index in [0.29, 0.717) is 12.4 Å². The fraction of sp³-hybridized carbons (Fsp3) is 0.963. The van der Waals surface area contributed by atoms with Crippen LogP contribution in [0.2, 0.25) is 0 Å². The van der Waals surface area contributed by atoms with Gasteiger partial charge in [0.2, 0.25) is 0 Å². The molecule has 0 aliphatic heterocycles. The summed E-state index contributed by atoms with van der Waals surface area (Å²) < 4.78 is 27.3. The molecule has 0 aliphatic carbocycles. The van der Waals surface area contributed by atoms with Crippen LogP contribution in [0.4, 0.5) is 4.79 Å². The maximum Gasteiger partial charge on any atom is 0.435 e. The van der Waals surface area contributed by atoms with E-state index in [1.807, 2.05) is 0 Å². The van der Waals surface area contributed by atoms with Gasteiger partial charge in [0.1, 0.15) is 0 Å². The summed E-state index contributed by atoms with van der Waals surface area (Å²) in [5, 5.41) is 0. The van der Waals surface area contributed by atoms with Gasteiger partial charge in [0, 0.05) is 12.4 Å². The molecule has 0 aliphatic rings. The smallest absolute Gasteiger partial charge is 0.435 e. The Kier molecular flexibility index (Phi) is 25.5. The molecule has 0 bridgehead atoms. The summed E-state index contributed by atoms with van der Waals surface area (Å²) in [6.45, 7) is 5.01. The van der Waals surface area contributed by atoms with E-state index in [9.17, 15) is 14.3 Å². The lowest BCUT2D eigenvalue weighted by Gasteiger charge is -2.19. The molecule has 0 saturated heterocycles. The molecule has 6 nitrogen and oxygen atoms in total. The molecule has 0 heterocycles. The average molecular weight is 539 g/mol. The fourth-order valence-corrected chi connectivity index (χ4v) is 5.62. The number of thioether (sulfide) groups is 1. The van der Waals surface area contributed by atoms with Crippen molar-refractivity contribution in [1.29, 1.82) is 0 Å². The molecular weight excluding hydrogens is 483 g/mol. The quantitative estimate of drug-likeness (QED) is 0.0824. The number of hydrogen-bond acceptors (Lipinski definition) is 6.